The molecule has 1 nitrogen and oxygen atoms in total. The molecule has 0 saturated carbocycles. The Morgan fingerprint density at radius 3 is 2.82 bits per heavy atom. The van der Waals surface area contributed by atoms with Crippen molar-refractivity contribution in [3.05, 3.63) is 41.1 Å². The highest BCUT2D eigenvalue weighted by molar-refractivity contribution is 6.82. The fourth-order valence-electron chi connectivity index (χ4n) is 1.13. The molecule has 1 aromatic rings. The van der Waals surface area contributed by atoms with E-state index >= 15 is 0 Å². The van der Waals surface area contributed by atoms with Crippen molar-refractivity contribution in [2.45, 2.75) is 0 Å². The van der Waals surface area contributed by atoms with E-state index in [1.165, 1.54) is 0 Å². The first-order chi connectivity index (χ1) is 5.38. The SMILES string of the molecule is O=C1[Si]C=Cc2ccccc21. The Kier molecular flexibility index (Phi) is 1.47. The van der Waals surface area contributed by atoms with E-state index in [-0.39, 0.29) is 5.41 Å². The van der Waals surface area contributed by atoms with Crippen LogP contribution < -0.4 is 0 Å². The van der Waals surface area contributed by atoms with Gasteiger partial charge < -0.3 is 4.79 Å². The second-order valence-electron chi connectivity index (χ2n) is 2.39. The summed E-state index contributed by atoms with van der Waals surface area (Å²) in [5, 5.41) is 0.253. The molecule has 0 unspecified atom stereocenters. The van der Waals surface area contributed by atoms with Crippen molar-refractivity contribution in [1.82, 2.24) is 0 Å². The molecule has 0 atom stereocenters. The Morgan fingerprint density at radius 2 is 2.00 bits per heavy atom. The molecule has 0 fully saturated rings. The maximum atomic E-state index is 11.2. The third kappa shape index (κ3) is 1.05. The molecule has 0 aliphatic carbocycles. The number of carbonyl (C=O) groups excluding carboxylic acids is 1. The van der Waals surface area contributed by atoms with Gasteiger partial charge in [0, 0.05) is 5.56 Å². The average molecular weight is 158 g/mol. The summed E-state index contributed by atoms with van der Waals surface area (Å²) in [5.74, 6) is 0. The minimum atomic E-state index is 0.253. The minimum Gasteiger partial charge on any atom is -0.300 e. The summed E-state index contributed by atoms with van der Waals surface area (Å²) in [5.41, 5.74) is 3.86. The Hall–Kier alpha value is -1.15. The van der Waals surface area contributed by atoms with Gasteiger partial charge in [0.05, 0.1) is 0 Å². The maximum absolute atomic E-state index is 11.2. The van der Waals surface area contributed by atoms with Gasteiger partial charge in [-0.15, -0.1) is 0 Å². The molecule has 52 valence electrons. The van der Waals surface area contributed by atoms with Crippen LogP contribution >= 0.6 is 0 Å². The summed E-state index contributed by atoms with van der Waals surface area (Å²) in [6.07, 6.45) is 2.01. The summed E-state index contributed by atoms with van der Waals surface area (Å²) >= 11 is 0. The van der Waals surface area contributed by atoms with Crippen molar-refractivity contribution in [3.63, 3.8) is 0 Å². The molecule has 1 aromatic carbocycles. The summed E-state index contributed by atoms with van der Waals surface area (Å²) in [7, 11) is 0.323. The molecule has 0 spiro atoms. The smallest absolute Gasteiger partial charge is 0.170 e. The standard InChI is InChI=1S/C9H6OSi/c10-9-8-4-2-1-3-7(8)5-6-11-9/h1-6H. The van der Waals surface area contributed by atoms with Gasteiger partial charge in [-0.1, -0.05) is 36.0 Å². The molecule has 0 saturated heterocycles. The molecule has 2 rings (SSSR count). The lowest BCUT2D eigenvalue weighted by Gasteiger charge is -2.06. The van der Waals surface area contributed by atoms with Crippen LogP contribution in [-0.4, -0.2) is 14.9 Å². The van der Waals surface area contributed by atoms with Crippen LogP contribution in [0.15, 0.2) is 30.0 Å². The predicted octanol–water partition coefficient (Wildman–Crippen LogP) is 1.52. The number of hydrogen-bond acceptors (Lipinski definition) is 1. The highest BCUT2D eigenvalue weighted by Gasteiger charge is 2.11. The zero-order valence-corrected chi connectivity index (χ0v) is 6.87. The van der Waals surface area contributed by atoms with Crippen LogP contribution in [0.4, 0.5) is 0 Å². The zero-order valence-electron chi connectivity index (χ0n) is 5.87. The highest BCUT2D eigenvalue weighted by atomic mass is 28.2. The fourth-order valence-corrected chi connectivity index (χ4v) is 1.93. The fraction of sp³-hybridized carbons (Fsp3) is 0. The summed E-state index contributed by atoms with van der Waals surface area (Å²) < 4.78 is 0. The summed E-state index contributed by atoms with van der Waals surface area (Å²) in [4.78, 5) is 11.2. The second kappa shape index (κ2) is 2.47. The van der Waals surface area contributed by atoms with Crippen LogP contribution in [0.1, 0.15) is 15.9 Å². The van der Waals surface area contributed by atoms with Gasteiger partial charge in [-0.25, -0.2) is 0 Å². The molecule has 0 amide bonds. The van der Waals surface area contributed by atoms with Gasteiger partial charge in [-0.2, -0.15) is 0 Å². The summed E-state index contributed by atoms with van der Waals surface area (Å²) in [6, 6.07) is 7.70. The van der Waals surface area contributed by atoms with Gasteiger partial charge in [0.15, 0.2) is 9.52 Å². The Labute approximate surface area is 67.6 Å². The number of carbonyl (C=O) groups is 1. The van der Waals surface area contributed by atoms with Gasteiger partial charge in [-0.05, 0) is 5.56 Å². The zero-order chi connectivity index (χ0) is 7.68. The lowest BCUT2D eigenvalue weighted by Crippen LogP contribution is -2.12. The molecule has 1 heterocycles. The first kappa shape index (κ1) is 6.55. The lowest BCUT2D eigenvalue weighted by molar-refractivity contribution is 0.107. The van der Waals surface area contributed by atoms with Crippen LogP contribution in [0.5, 0.6) is 0 Å². The van der Waals surface area contributed by atoms with E-state index in [1.807, 2.05) is 36.0 Å². The molecule has 0 aromatic heterocycles. The summed E-state index contributed by atoms with van der Waals surface area (Å²) in [6.45, 7) is 0. The number of fused-ring (bicyclic) bond motifs is 1. The lowest BCUT2D eigenvalue weighted by atomic mass is 10.1. The molecule has 0 bridgehead atoms. The quantitative estimate of drug-likeness (QED) is 0.523. The van der Waals surface area contributed by atoms with Gasteiger partial charge >= 0.3 is 0 Å². The Morgan fingerprint density at radius 1 is 1.18 bits per heavy atom. The Balaban J connectivity index is 2.63. The predicted molar refractivity (Wildman–Crippen MR) is 45.6 cm³/mol. The highest BCUT2D eigenvalue weighted by Crippen LogP contribution is 2.14. The maximum Gasteiger partial charge on any atom is 0.170 e. The molecule has 1 aliphatic heterocycles. The van der Waals surface area contributed by atoms with E-state index in [9.17, 15) is 4.79 Å². The van der Waals surface area contributed by atoms with E-state index < -0.39 is 0 Å². The van der Waals surface area contributed by atoms with Gasteiger partial charge in [0.1, 0.15) is 5.41 Å². The molecule has 1 aliphatic rings. The first-order valence-corrected chi connectivity index (χ1v) is 4.52. The molecule has 11 heavy (non-hydrogen) atoms. The van der Waals surface area contributed by atoms with Gasteiger partial charge in [0.2, 0.25) is 0 Å². The van der Waals surface area contributed by atoms with E-state index in [0.29, 0.717) is 9.52 Å². The number of benzene rings is 1. The van der Waals surface area contributed by atoms with Crippen molar-refractivity contribution >= 4 is 21.0 Å². The van der Waals surface area contributed by atoms with Gasteiger partial charge in [0.25, 0.3) is 0 Å². The van der Waals surface area contributed by atoms with Crippen LogP contribution in [0, 0.1) is 0 Å². The normalized spacial score (nSPS) is 14.7. The van der Waals surface area contributed by atoms with Crippen molar-refractivity contribution in [2.24, 2.45) is 0 Å². The van der Waals surface area contributed by atoms with E-state index in [0.717, 1.165) is 11.1 Å². The van der Waals surface area contributed by atoms with Gasteiger partial charge in [-0.3, -0.25) is 0 Å². The van der Waals surface area contributed by atoms with Crippen molar-refractivity contribution in [1.29, 1.82) is 0 Å². The Bertz CT molecular complexity index is 328. The first-order valence-electron chi connectivity index (χ1n) is 3.44. The average Bonchev–Trinajstić information content (AvgIpc) is 2.06. The molecule has 2 heteroatoms. The van der Waals surface area contributed by atoms with Crippen LogP contribution in [0.3, 0.4) is 0 Å². The minimum absolute atomic E-state index is 0.253. The van der Waals surface area contributed by atoms with Crippen LogP contribution in [-0.2, 0) is 0 Å². The largest absolute Gasteiger partial charge is 0.300 e. The molecular formula is C9H6OSi. The van der Waals surface area contributed by atoms with Crippen LogP contribution in [0.25, 0.3) is 6.08 Å². The molecule has 0 N–H and O–H groups in total. The van der Waals surface area contributed by atoms with Crippen molar-refractivity contribution in [3.8, 4) is 0 Å². The molecule has 2 radical (unpaired) electrons. The third-order valence-electron chi connectivity index (χ3n) is 1.68. The van der Waals surface area contributed by atoms with E-state index in [4.69, 9.17) is 0 Å². The molecular weight excluding hydrogens is 152 g/mol. The van der Waals surface area contributed by atoms with Crippen molar-refractivity contribution in [2.75, 3.05) is 0 Å². The van der Waals surface area contributed by atoms with Crippen molar-refractivity contribution < 1.29 is 4.79 Å². The third-order valence-corrected chi connectivity index (χ3v) is 2.55. The van der Waals surface area contributed by atoms with E-state index in [2.05, 4.69) is 0 Å². The topological polar surface area (TPSA) is 17.1 Å². The van der Waals surface area contributed by atoms with Crippen LogP contribution in [0.2, 0.25) is 0 Å². The number of hydrogen-bond donors (Lipinski definition) is 0. The number of rotatable bonds is 0. The van der Waals surface area contributed by atoms with E-state index in [1.54, 1.807) is 0 Å². The monoisotopic (exact) mass is 158 g/mol. The second-order valence-corrected chi connectivity index (χ2v) is 3.47.